The Morgan fingerprint density at radius 3 is 2.81 bits per heavy atom. The van der Waals surface area contributed by atoms with E-state index in [1.54, 1.807) is 14.0 Å². The number of anilines is 2. The number of rotatable bonds is 6. The van der Waals surface area contributed by atoms with Crippen LogP contribution >= 0.6 is 11.3 Å². The number of hydrogen-bond donors (Lipinski definition) is 2. The molecule has 1 saturated carbocycles. The van der Waals surface area contributed by atoms with Gasteiger partial charge in [0.25, 0.3) is 0 Å². The van der Waals surface area contributed by atoms with E-state index in [2.05, 4.69) is 12.2 Å². The van der Waals surface area contributed by atoms with E-state index < -0.39 is 0 Å². The highest BCUT2D eigenvalue weighted by Crippen LogP contribution is 2.43. The Morgan fingerprint density at radius 1 is 1.48 bits per heavy atom. The Bertz CT molecular complexity index is 501. The molecule has 2 unspecified atom stereocenters. The van der Waals surface area contributed by atoms with Crippen molar-refractivity contribution in [2.24, 2.45) is 11.8 Å². The quantitative estimate of drug-likeness (QED) is 0.788. The number of nitrogens with one attached hydrogen (secondary N) is 1. The molecule has 21 heavy (non-hydrogen) atoms. The minimum atomic E-state index is -0.388. The fourth-order valence-corrected chi connectivity index (χ4v) is 3.83. The van der Waals surface area contributed by atoms with Crippen LogP contribution < -0.4 is 15.8 Å². The number of carbonyl (C=O) groups is 1. The molecule has 5 nitrogen and oxygen atoms in total. The van der Waals surface area contributed by atoms with Crippen molar-refractivity contribution >= 4 is 28.0 Å². The summed E-state index contributed by atoms with van der Waals surface area (Å²) in [6.45, 7) is 5.30. The van der Waals surface area contributed by atoms with Gasteiger partial charge in [-0.2, -0.15) is 0 Å². The number of hydrogen-bond acceptors (Lipinski definition) is 6. The first kappa shape index (κ1) is 15.9. The predicted molar refractivity (Wildman–Crippen MR) is 86.2 cm³/mol. The van der Waals surface area contributed by atoms with Crippen molar-refractivity contribution in [3.8, 4) is 5.75 Å². The zero-order valence-electron chi connectivity index (χ0n) is 12.9. The maximum Gasteiger partial charge on any atom is 0.350 e. The van der Waals surface area contributed by atoms with Gasteiger partial charge in [-0.25, -0.2) is 4.79 Å². The number of ether oxygens (including phenoxy) is 2. The molecule has 3 N–H and O–H groups in total. The van der Waals surface area contributed by atoms with Crippen LogP contribution in [0.4, 0.5) is 10.7 Å². The minimum absolute atomic E-state index is 0.335. The Balaban J connectivity index is 2.07. The number of nitrogens with two attached hydrogens (primary N) is 1. The van der Waals surface area contributed by atoms with Crippen LogP contribution in [0.2, 0.25) is 0 Å². The van der Waals surface area contributed by atoms with Gasteiger partial charge in [-0.05, 0) is 31.6 Å². The van der Waals surface area contributed by atoms with Crippen LogP contribution in [0.15, 0.2) is 0 Å². The molecule has 6 heteroatoms. The highest BCUT2D eigenvalue weighted by molar-refractivity contribution is 7.19. The van der Waals surface area contributed by atoms with E-state index in [4.69, 9.17) is 15.2 Å². The van der Waals surface area contributed by atoms with Crippen molar-refractivity contribution in [2.75, 3.05) is 31.3 Å². The molecular formula is C15H24N2O3S. The van der Waals surface area contributed by atoms with Crippen LogP contribution in [0, 0.1) is 11.8 Å². The summed E-state index contributed by atoms with van der Waals surface area (Å²) < 4.78 is 10.4. The molecule has 1 aliphatic rings. The Labute approximate surface area is 129 Å². The van der Waals surface area contributed by atoms with E-state index in [-0.39, 0.29) is 5.97 Å². The van der Waals surface area contributed by atoms with Crippen LogP contribution in [-0.2, 0) is 4.74 Å². The van der Waals surface area contributed by atoms with Gasteiger partial charge in [0.1, 0.15) is 15.6 Å². The molecule has 1 aromatic heterocycles. The maximum atomic E-state index is 11.9. The fourth-order valence-electron chi connectivity index (χ4n) is 2.84. The van der Waals surface area contributed by atoms with Crippen molar-refractivity contribution in [1.29, 1.82) is 0 Å². The minimum Gasteiger partial charge on any atom is -0.492 e. The van der Waals surface area contributed by atoms with Crippen LogP contribution in [0.25, 0.3) is 0 Å². The summed E-state index contributed by atoms with van der Waals surface area (Å²) in [7, 11) is 1.57. The maximum absolute atomic E-state index is 11.9. The first-order valence-corrected chi connectivity index (χ1v) is 8.25. The number of methoxy groups -OCH3 is 1. The summed E-state index contributed by atoms with van der Waals surface area (Å²) in [5.74, 6) is 1.65. The summed E-state index contributed by atoms with van der Waals surface area (Å²) in [6, 6.07) is 0. The largest absolute Gasteiger partial charge is 0.492 e. The zero-order chi connectivity index (χ0) is 15.4. The normalized spacial score (nSPS) is 21.3. The van der Waals surface area contributed by atoms with Gasteiger partial charge in [-0.1, -0.05) is 13.3 Å². The topological polar surface area (TPSA) is 73.6 Å². The van der Waals surface area contributed by atoms with Gasteiger partial charge in [-0.15, -0.1) is 11.3 Å². The van der Waals surface area contributed by atoms with Crippen molar-refractivity contribution in [1.82, 2.24) is 0 Å². The second kappa shape index (κ2) is 7.02. The predicted octanol–water partition coefficient (Wildman–Crippen LogP) is 3.36. The lowest BCUT2D eigenvalue weighted by Gasteiger charge is -2.12. The Hall–Kier alpha value is -1.43. The van der Waals surface area contributed by atoms with E-state index in [0.29, 0.717) is 28.8 Å². The summed E-state index contributed by atoms with van der Waals surface area (Å²) in [5, 5.41) is 4.21. The monoisotopic (exact) mass is 312 g/mol. The van der Waals surface area contributed by atoms with Crippen LogP contribution in [-0.4, -0.2) is 26.2 Å². The van der Waals surface area contributed by atoms with Crippen molar-refractivity contribution < 1.29 is 14.3 Å². The number of carbonyl (C=O) groups excluding carboxylic acids is 1. The first-order valence-electron chi connectivity index (χ1n) is 7.44. The summed E-state index contributed by atoms with van der Waals surface area (Å²) in [4.78, 5) is 12.3. The third-order valence-corrected chi connectivity index (χ3v) is 5.04. The molecule has 1 aromatic rings. The van der Waals surface area contributed by atoms with Crippen molar-refractivity contribution in [3.63, 3.8) is 0 Å². The third-order valence-electron chi connectivity index (χ3n) is 3.92. The molecule has 1 heterocycles. The van der Waals surface area contributed by atoms with Crippen LogP contribution in [0.3, 0.4) is 0 Å². The summed E-state index contributed by atoms with van der Waals surface area (Å²) >= 11 is 1.31. The standard InChI is InChI=1S/C15H24N2O3S/c1-4-20-15(18)13-11(16)12(19-3)14(21-13)17-8-10-6-5-9(2)7-10/h9-10,17H,4-8,16H2,1-3H3. The first-order chi connectivity index (χ1) is 10.1. The lowest BCUT2D eigenvalue weighted by molar-refractivity contribution is 0.0533. The van der Waals surface area contributed by atoms with Crippen LogP contribution in [0.1, 0.15) is 42.8 Å². The van der Waals surface area contributed by atoms with Crippen molar-refractivity contribution in [3.05, 3.63) is 4.88 Å². The third kappa shape index (κ3) is 3.61. The lowest BCUT2D eigenvalue weighted by Crippen LogP contribution is -2.11. The number of thiophene rings is 1. The van der Waals surface area contributed by atoms with E-state index in [1.807, 2.05) is 0 Å². The highest BCUT2D eigenvalue weighted by atomic mass is 32.1. The number of nitrogen functional groups attached to an aromatic ring is 1. The fraction of sp³-hybridized carbons (Fsp3) is 0.667. The molecule has 1 fully saturated rings. The van der Waals surface area contributed by atoms with Gasteiger partial charge < -0.3 is 20.5 Å². The molecule has 0 bridgehead atoms. The molecule has 118 valence electrons. The van der Waals surface area contributed by atoms with E-state index in [0.717, 1.165) is 17.5 Å². The number of esters is 1. The molecule has 0 radical (unpaired) electrons. The second-order valence-electron chi connectivity index (χ2n) is 5.59. The molecule has 1 aliphatic carbocycles. The molecule has 0 spiro atoms. The van der Waals surface area contributed by atoms with Crippen molar-refractivity contribution in [2.45, 2.75) is 33.1 Å². The second-order valence-corrected chi connectivity index (χ2v) is 6.61. The smallest absolute Gasteiger partial charge is 0.350 e. The van der Waals surface area contributed by atoms with Gasteiger partial charge in [-0.3, -0.25) is 0 Å². The molecule has 2 atom stereocenters. The lowest BCUT2D eigenvalue weighted by atomic mass is 10.1. The molecule has 0 saturated heterocycles. The molecule has 0 aromatic carbocycles. The van der Waals surface area contributed by atoms with Gasteiger partial charge in [0.15, 0.2) is 5.75 Å². The summed E-state index contributed by atoms with van der Waals surface area (Å²) in [6.07, 6.45) is 3.80. The Morgan fingerprint density at radius 2 is 2.24 bits per heavy atom. The van der Waals surface area contributed by atoms with Gasteiger partial charge in [0.05, 0.1) is 13.7 Å². The zero-order valence-corrected chi connectivity index (χ0v) is 13.7. The average molecular weight is 312 g/mol. The Kier molecular flexibility index (Phi) is 5.33. The van der Waals surface area contributed by atoms with E-state index >= 15 is 0 Å². The summed E-state index contributed by atoms with van der Waals surface area (Å²) in [5.41, 5.74) is 6.36. The van der Waals surface area contributed by atoms with E-state index in [9.17, 15) is 4.79 Å². The molecule has 0 aliphatic heterocycles. The van der Waals surface area contributed by atoms with Gasteiger partial charge in [0, 0.05) is 6.54 Å². The highest BCUT2D eigenvalue weighted by Gasteiger charge is 2.25. The molecular weight excluding hydrogens is 288 g/mol. The SMILES string of the molecule is CCOC(=O)c1sc(NCC2CCC(C)C2)c(OC)c1N. The van der Waals surface area contributed by atoms with Gasteiger partial charge >= 0.3 is 5.97 Å². The van der Waals surface area contributed by atoms with E-state index in [1.165, 1.54) is 30.6 Å². The molecule has 0 amide bonds. The van der Waals surface area contributed by atoms with Gasteiger partial charge in [0.2, 0.25) is 0 Å². The van der Waals surface area contributed by atoms with Crippen LogP contribution in [0.5, 0.6) is 5.75 Å². The molecule has 2 rings (SSSR count). The average Bonchev–Trinajstić information content (AvgIpc) is 3.00.